The molecule has 0 spiro atoms. The first kappa shape index (κ1) is 22.8. The first-order valence-corrected chi connectivity index (χ1v) is 10.2. The molecule has 150 valence electrons. The van der Waals surface area contributed by atoms with Crippen LogP contribution in [-0.2, 0) is 0 Å². The lowest BCUT2D eigenvalue weighted by Gasteiger charge is -2.25. The van der Waals surface area contributed by atoms with Crippen molar-refractivity contribution in [3.8, 4) is 0 Å². The molecule has 0 saturated carbocycles. The molecule has 0 aromatic carbocycles. The highest BCUT2D eigenvalue weighted by Gasteiger charge is 2.12. The van der Waals surface area contributed by atoms with E-state index in [4.69, 9.17) is 0 Å². The van der Waals surface area contributed by atoms with Gasteiger partial charge in [0.05, 0.1) is 0 Å². The van der Waals surface area contributed by atoms with Crippen molar-refractivity contribution in [2.45, 2.75) is 37.8 Å². The molecule has 0 amide bonds. The molecule has 0 bridgehead atoms. The topological polar surface area (TPSA) is 84.2 Å². The van der Waals surface area contributed by atoms with Gasteiger partial charge in [0.15, 0.2) is 0 Å². The summed E-state index contributed by atoms with van der Waals surface area (Å²) in [4.78, 5) is 0. The van der Waals surface area contributed by atoms with Gasteiger partial charge in [-0.1, -0.05) is 0 Å². The minimum atomic E-state index is 0.546. The van der Waals surface area contributed by atoms with Gasteiger partial charge in [-0.2, -0.15) is 0 Å². The summed E-state index contributed by atoms with van der Waals surface area (Å²) in [5.41, 5.74) is 0. The van der Waals surface area contributed by atoms with Crippen molar-refractivity contribution in [3.05, 3.63) is 0 Å². The summed E-state index contributed by atoms with van der Waals surface area (Å²) in [6, 6.07) is 1.09. The summed E-state index contributed by atoms with van der Waals surface area (Å²) in [7, 11) is 4.06. The minimum absolute atomic E-state index is 0.546. The third-order valence-corrected chi connectivity index (χ3v) is 4.69. The van der Waals surface area contributed by atoms with Crippen LogP contribution in [0.4, 0.5) is 0 Å². The molecule has 0 unspecified atom stereocenters. The number of hydrogen-bond acceptors (Lipinski definition) is 7. The van der Waals surface area contributed by atoms with Gasteiger partial charge in [-0.05, 0) is 52.9 Å². The van der Waals surface area contributed by atoms with Crippen LogP contribution in [0.5, 0.6) is 0 Å². The fraction of sp³-hybridized carbons (Fsp3) is 1.00. The minimum Gasteiger partial charge on any atom is -0.320 e. The monoisotopic (exact) mass is 357 g/mol. The third-order valence-electron chi connectivity index (χ3n) is 4.69. The Hall–Kier alpha value is -0.280. The van der Waals surface area contributed by atoms with E-state index in [1.165, 1.54) is 25.7 Å². The Bertz CT molecular complexity index is 252. The molecule has 0 radical (unpaired) electrons. The molecule has 0 aliphatic carbocycles. The second kappa shape index (κ2) is 17.1. The SMILES string of the molecule is CNCCC[C@@H]1CN[C@@H](CCCNC)CNCCNCCNCCN1. The van der Waals surface area contributed by atoms with E-state index in [9.17, 15) is 0 Å². The average molecular weight is 358 g/mol. The molecule has 1 aliphatic heterocycles. The molecule has 1 saturated heterocycles. The summed E-state index contributed by atoms with van der Waals surface area (Å²) in [5, 5.41) is 24.6. The second-order valence-corrected chi connectivity index (χ2v) is 6.95. The molecule has 25 heavy (non-hydrogen) atoms. The summed E-state index contributed by atoms with van der Waals surface area (Å²) < 4.78 is 0. The molecule has 7 heteroatoms. The molecule has 1 rings (SSSR count). The molecular formula is C18H43N7. The van der Waals surface area contributed by atoms with Crippen LogP contribution in [0, 0.1) is 0 Å². The first-order valence-electron chi connectivity index (χ1n) is 10.2. The highest BCUT2D eigenvalue weighted by atomic mass is 15.1. The van der Waals surface area contributed by atoms with E-state index in [0.29, 0.717) is 12.1 Å². The van der Waals surface area contributed by atoms with E-state index >= 15 is 0 Å². The highest BCUT2D eigenvalue weighted by molar-refractivity contribution is 4.77. The zero-order valence-corrected chi connectivity index (χ0v) is 16.6. The zero-order chi connectivity index (χ0) is 18.0. The van der Waals surface area contributed by atoms with Crippen LogP contribution >= 0.6 is 0 Å². The fourth-order valence-corrected chi connectivity index (χ4v) is 3.16. The van der Waals surface area contributed by atoms with Crippen molar-refractivity contribution in [3.63, 3.8) is 0 Å². The first-order chi connectivity index (χ1) is 12.4. The number of rotatable bonds is 8. The van der Waals surface area contributed by atoms with Crippen molar-refractivity contribution in [1.29, 1.82) is 0 Å². The largest absolute Gasteiger partial charge is 0.320 e. The zero-order valence-electron chi connectivity index (χ0n) is 16.6. The smallest absolute Gasteiger partial charge is 0.0193 e. The second-order valence-electron chi connectivity index (χ2n) is 6.95. The van der Waals surface area contributed by atoms with E-state index in [0.717, 1.165) is 65.4 Å². The van der Waals surface area contributed by atoms with Gasteiger partial charge in [0.1, 0.15) is 0 Å². The fourth-order valence-electron chi connectivity index (χ4n) is 3.16. The van der Waals surface area contributed by atoms with Crippen molar-refractivity contribution >= 4 is 0 Å². The molecule has 7 nitrogen and oxygen atoms in total. The van der Waals surface area contributed by atoms with E-state index in [2.05, 4.69) is 37.2 Å². The van der Waals surface area contributed by atoms with Gasteiger partial charge in [0.2, 0.25) is 0 Å². The lowest BCUT2D eigenvalue weighted by Crippen LogP contribution is -2.47. The van der Waals surface area contributed by atoms with Gasteiger partial charge < -0.3 is 37.2 Å². The molecule has 1 fully saturated rings. The van der Waals surface area contributed by atoms with Crippen LogP contribution in [0.3, 0.4) is 0 Å². The van der Waals surface area contributed by atoms with Crippen molar-refractivity contribution in [1.82, 2.24) is 37.2 Å². The van der Waals surface area contributed by atoms with Gasteiger partial charge in [0, 0.05) is 64.4 Å². The maximum absolute atomic E-state index is 3.81. The lowest BCUT2D eigenvalue weighted by atomic mass is 10.1. The number of nitrogens with one attached hydrogen (secondary N) is 7. The Morgan fingerprint density at radius 3 is 1.76 bits per heavy atom. The molecule has 1 heterocycles. The van der Waals surface area contributed by atoms with Crippen LogP contribution in [0.2, 0.25) is 0 Å². The van der Waals surface area contributed by atoms with Crippen molar-refractivity contribution in [2.24, 2.45) is 0 Å². The summed E-state index contributed by atoms with van der Waals surface area (Å²) in [6.07, 6.45) is 4.86. The highest BCUT2D eigenvalue weighted by Crippen LogP contribution is 2.00. The van der Waals surface area contributed by atoms with E-state index in [-0.39, 0.29) is 0 Å². The average Bonchev–Trinajstić information content (AvgIpc) is 2.63. The Labute approximate surface area is 155 Å². The van der Waals surface area contributed by atoms with Crippen LogP contribution in [0.1, 0.15) is 25.7 Å². The Morgan fingerprint density at radius 2 is 1.16 bits per heavy atom. The van der Waals surface area contributed by atoms with Crippen LogP contribution in [-0.4, -0.2) is 91.6 Å². The normalized spacial score (nSPS) is 25.2. The van der Waals surface area contributed by atoms with Gasteiger partial charge in [-0.25, -0.2) is 0 Å². The molecule has 1 aliphatic rings. The third kappa shape index (κ3) is 13.6. The van der Waals surface area contributed by atoms with Crippen LogP contribution in [0.15, 0.2) is 0 Å². The maximum Gasteiger partial charge on any atom is 0.0193 e. The van der Waals surface area contributed by atoms with Crippen LogP contribution < -0.4 is 37.2 Å². The van der Waals surface area contributed by atoms with Gasteiger partial charge in [-0.3, -0.25) is 0 Å². The predicted octanol–water partition coefficient (Wildman–Crippen LogP) is -1.32. The van der Waals surface area contributed by atoms with E-state index in [1.807, 2.05) is 14.1 Å². The van der Waals surface area contributed by atoms with E-state index in [1.54, 1.807) is 0 Å². The van der Waals surface area contributed by atoms with Gasteiger partial charge >= 0.3 is 0 Å². The number of hydrogen-bond donors (Lipinski definition) is 7. The molecule has 7 N–H and O–H groups in total. The maximum atomic E-state index is 3.81. The van der Waals surface area contributed by atoms with Gasteiger partial charge in [0.25, 0.3) is 0 Å². The van der Waals surface area contributed by atoms with E-state index < -0.39 is 0 Å². The molecule has 0 aromatic rings. The van der Waals surface area contributed by atoms with Gasteiger partial charge in [-0.15, -0.1) is 0 Å². The molecular weight excluding hydrogens is 314 g/mol. The van der Waals surface area contributed by atoms with Crippen molar-refractivity contribution in [2.75, 3.05) is 79.5 Å². The van der Waals surface area contributed by atoms with Crippen LogP contribution in [0.25, 0.3) is 0 Å². The molecule has 2 atom stereocenters. The lowest BCUT2D eigenvalue weighted by molar-refractivity contribution is 0.379. The molecule has 0 aromatic heterocycles. The summed E-state index contributed by atoms with van der Waals surface area (Å²) >= 11 is 0. The standard InChI is InChI=1S/C18H43N7/c1-19-7-3-5-17-15-23-12-11-21-9-10-22-13-14-24-18(16-25-17)6-4-8-20-2/h17-25H,3-16H2,1-2H3/t17-,18+/m0/s1. The van der Waals surface area contributed by atoms with Crippen molar-refractivity contribution < 1.29 is 0 Å². The Balaban J connectivity index is 2.45. The Morgan fingerprint density at radius 1 is 0.640 bits per heavy atom. The summed E-state index contributed by atoms with van der Waals surface area (Å²) in [6.45, 7) is 10.5. The predicted molar refractivity (Wildman–Crippen MR) is 109 cm³/mol. The Kier molecular flexibility index (Phi) is 15.6. The summed E-state index contributed by atoms with van der Waals surface area (Å²) in [5.74, 6) is 0. The quantitative estimate of drug-likeness (QED) is 0.272.